The summed E-state index contributed by atoms with van der Waals surface area (Å²) in [6, 6.07) is 9.39. The van der Waals surface area contributed by atoms with Gasteiger partial charge in [-0.2, -0.15) is 10.2 Å². The fourth-order valence-electron chi connectivity index (χ4n) is 2.43. The van der Waals surface area contributed by atoms with Crippen molar-refractivity contribution in [3.05, 3.63) is 64.2 Å². The smallest absolute Gasteiger partial charge is 0.321 e. The molecule has 0 saturated heterocycles. The van der Waals surface area contributed by atoms with Crippen molar-refractivity contribution < 1.29 is 9.59 Å². The molecule has 2 aromatic heterocycles. The summed E-state index contributed by atoms with van der Waals surface area (Å²) >= 11 is 0. The molecule has 3 aromatic rings. The molecule has 10 heteroatoms. The summed E-state index contributed by atoms with van der Waals surface area (Å²) in [4.78, 5) is 37.0. The number of rotatable bonds is 4. The van der Waals surface area contributed by atoms with Crippen LogP contribution in [0.15, 0.2) is 47.4 Å². The van der Waals surface area contributed by atoms with Crippen LogP contribution in [-0.2, 0) is 0 Å². The molecule has 0 fully saturated rings. The number of H-pyrrole nitrogens is 1. The zero-order chi connectivity index (χ0) is 20.3. The van der Waals surface area contributed by atoms with Crippen molar-refractivity contribution in [3.63, 3.8) is 0 Å². The van der Waals surface area contributed by atoms with E-state index in [1.165, 1.54) is 27.9 Å². The van der Waals surface area contributed by atoms with Crippen LogP contribution in [0, 0.1) is 6.92 Å². The fourth-order valence-corrected chi connectivity index (χ4v) is 2.43. The average molecular weight is 381 g/mol. The monoisotopic (exact) mass is 381 g/mol. The largest absolute Gasteiger partial charge is 0.331 e. The number of hydrogen-bond donors (Lipinski definition) is 3. The van der Waals surface area contributed by atoms with Crippen LogP contribution >= 0.6 is 0 Å². The van der Waals surface area contributed by atoms with Crippen LogP contribution in [0.1, 0.15) is 16.1 Å². The molecule has 0 atom stereocenters. The minimum absolute atomic E-state index is 0.269. The molecule has 2 heterocycles. The summed E-state index contributed by atoms with van der Waals surface area (Å²) < 4.78 is 1.46. The highest BCUT2D eigenvalue weighted by atomic mass is 16.2. The van der Waals surface area contributed by atoms with Gasteiger partial charge in [0.1, 0.15) is 0 Å². The maximum Gasteiger partial charge on any atom is 0.321 e. The summed E-state index contributed by atoms with van der Waals surface area (Å²) in [7, 11) is 3.28. The molecule has 3 N–H and O–H groups in total. The molecule has 0 aliphatic rings. The van der Waals surface area contributed by atoms with Crippen LogP contribution in [0.3, 0.4) is 0 Å². The molecule has 0 unspecified atom stereocenters. The molecule has 1 aromatic carbocycles. The molecule has 3 rings (SSSR count). The lowest BCUT2D eigenvalue weighted by Crippen LogP contribution is -2.27. The Bertz CT molecular complexity index is 1060. The van der Waals surface area contributed by atoms with E-state index in [-0.39, 0.29) is 17.5 Å². The second-order valence-electron chi connectivity index (χ2n) is 6.19. The van der Waals surface area contributed by atoms with Gasteiger partial charge in [0, 0.05) is 31.5 Å². The number of aromatic amines is 1. The summed E-state index contributed by atoms with van der Waals surface area (Å²) in [6.07, 6.45) is 1.43. The molecule has 0 bridgehead atoms. The van der Waals surface area contributed by atoms with E-state index in [0.29, 0.717) is 28.5 Å². The molecule has 3 amide bonds. The Morgan fingerprint density at radius 2 is 1.82 bits per heavy atom. The van der Waals surface area contributed by atoms with Crippen LogP contribution in [0.4, 0.5) is 16.2 Å². The van der Waals surface area contributed by atoms with Gasteiger partial charge in [0.15, 0.2) is 5.82 Å². The van der Waals surface area contributed by atoms with Crippen molar-refractivity contribution in [2.45, 2.75) is 6.92 Å². The third kappa shape index (κ3) is 4.06. The van der Waals surface area contributed by atoms with E-state index in [1.54, 1.807) is 45.3 Å². The fraction of sp³-hybridized carbons (Fsp3) is 0.167. The van der Waals surface area contributed by atoms with Crippen molar-refractivity contribution in [2.75, 3.05) is 24.7 Å². The van der Waals surface area contributed by atoms with Crippen LogP contribution < -0.4 is 16.2 Å². The van der Waals surface area contributed by atoms with E-state index in [2.05, 4.69) is 25.9 Å². The molecule has 28 heavy (non-hydrogen) atoms. The number of nitrogens with zero attached hydrogens (tertiary/aromatic N) is 4. The van der Waals surface area contributed by atoms with Crippen LogP contribution in [-0.4, -0.2) is 50.9 Å². The zero-order valence-corrected chi connectivity index (χ0v) is 15.6. The summed E-state index contributed by atoms with van der Waals surface area (Å²) in [6.45, 7) is 1.72. The van der Waals surface area contributed by atoms with Gasteiger partial charge in [0.05, 0.1) is 17.5 Å². The molecule has 0 aliphatic heterocycles. The summed E-state index contributed by atoms with van der Waals surface area (Å²) in [5, 5.41) is 15.9. The first-order valence-corrected chi connectivity index (χ1v) is 8.35. The van der Waals surface area contributed by atoms with E-state index in [4.69, 9.17) is 0 Å². The van der Waals surface area contributed by atoms with E-state index < -0.39 is 0 Å². The normalized spacial score (nSPS) is 10.4. The van der Waals surface area contributed by atoms with Gasteiger partial charge in [-0.15, -0.1) is 0 Å². The first kappa shape index (κ1) is 18.8. The Morgan fingerprint density at radius 1 is 1.11 bits per heavy atom. The Balaban J connectivity index is 1.78. The standard InChI is InChI=1S/C18H19N7O3/c1-11-14(10-19-25(11)15-7-8-16(26)23-22-15)17(27)20-12-5-4-6-13(9-12)21-18(28)24(2)3/h4-10H,1-3H3,(H,20,27)(H,21,28)(H,23,26). The minimum atomic E-state index is -0.357. The zero-order valence-electron chi connectivity index (χ0n) is 15.6. The Hall–Kier alpha value is -3.95. The number of anilines is 2. The molecular formula is C18H19N7O3. The quantitative estimate of drug-likeness (QED) is 0.633. The van der Waals surface area contributed by atoms with Gasteiger partial charge in [-0.25, -0.2) is 14.6 Å². The Labute approximate surface area is 160 Å². The van der Waals surface area contributed by atoms with Gasteiger partial charge in [-0.1, -0.05) is 6.07 Å². The number of urea groups is 1. The average Bonchev–Trinajstić information content (AvgIpc) is 3.04. The van der Waals surface area contributed by atoms with Gasteiger partial charge in [-0.3, -0.25) is 9.59 Å². The van der Waals surface area contributed by atoms with Crippen molar-refractivity contribution >= 4 is 23.3 Å². The van der Waals surface area contributed by atoms with Crippen molar-refractivity contribution in [2.24, 2.45) is 0 Å². The third-order valence-electron chi connectivity index (χ3n) is 3.91. The van der Waals surface area contributed by atoms with E-state index in [9.17, 15) is 14.4 Å². The molecule has 0 radical (unpaired) electrons. The summed E-state index contributed by atoms with van der Waals surface area (Å²) in [5.41, 5.74) is 1.68. The molecule has 0 spiro atoms. The molecule has 10 nitrogen and oxygen atoms in total. The third-order valence-corrected chi connectivity index (χ3v) is 3.91. The van der Waals surface area contributed by atoms with Crippen molar-refractivity contribution in [3.8, 4) is 5.82 Å². The number of nitrogens with one attached hydrogen (secondary N) is 3. The highest BCUT2D eigenvalue weighted by molar-refractivity contribution is 6.05. The van der Waals surface area contributed by atoms with E-state index in [1.807, 2.05) is 0 Å². The summed E-state index contributed by atoms with van der Waals surface area (Å²) in [5.74, 6) is 0.0359. The molecule has 0 aliphatic carbocycles. The van der Waals surface area contributed by atoms with Gasteiger partial charge >= 0.3 is 6.03 Å². The maximum atomic E-state index is 12.6. The number of amides is 3. The van der Waals surface area contributed by atoms with Crippen molar-refractivity contribution in [1.29, 1.82) is 0 Å². The highest BCUT2D eigenvalue weighted by Gasteiger charge is 2.16. The van der Waals surface area contributed by atoms with Crippen LogP contribution in [0.2, 0.25) is 0 Å². The minimum Gasteiger partial charge on any atom is -0.331 e. The number of hydrogen-bond acceptors (Lipinski definition) is 5. The van der Waals surface area contributed by atoms with Crippen LogP contribution in [0.25, 0.3) is 5.82 Å². The first-order valence-electron chi connectivity index (χ1n) is 8.35. The second kappa shape index (κ2) is 7.74. The lowest BCUT2D eigenvalue weighted by Gasteiger charge is -2.13. The lowest BCUT2D eigenvalue weighted by atomic mass is 10.2. The number of carbonyl (C=O) groups excluding carboxylic acids is 2. The molecule has 0 saturated carbocycles. The van der Waals surface area contributed by atoms with E-state index >= 15 is 0 Å². The van der Waals surface area contributed by atoms with Crippen molar-refractivity contribution in [1.82, 2.24) is 24.9 Å². The Morgan fingerprint density at radius 3 is 2.46 bits per heavy atom. The SMILES string of the molecule is Cc1c(C(=O)Nc2cccc(NC(=O)N(C)C)c2)cnn1-c1ccc(=O)[nH]n1. The van der Waals surface area contributed by atoms with Crippen LogP contribution in [0.5, 0.6) is 0 Å². The second-order valence-corrected chi connectivity index (χ2v) is 6.19. The number of carbonyl (C=O) groups is 2. The molecule has 144 valence electrons. The topological polar surface area (TPSA) is 125 Å². The lowest BCUT2D eigenvalue weighted by molar-refractivity contribution is 0.102. The maximum absolute atomic E-state index is 12.6. The highest BCUT2D eigenvalue weighted by Crippen LogP contribution is 2.18. The van der Waals surface area contributed by atoms with Gasteiger partial charge in [0.2, 0.25) is 0 Å². The predicted molar refractivity (Wildman–Crippen MR) is 104 cm³/mol. The number of aromatic nitrogens is 4. The predicted octanol–water partition coefficient (Wildman–Crippen LogP) is 1.61. The number of benzene rings is 1. The first-order chi connectivity index (χ1) is 13.3. The van der Waals surface area contributed by atoms with Gasteiger partial charge in [-0.05, 0) is 31.2 Å². The van der Waals surface area contributed by atoms with Gasteiger partial charge in [0.25, 0.3) is 11.5 Å². The van der Waals surface area contributed by atoms with E-state index in [0.717, 1.165) is 0 Å². The Kier molecular flexibility index (Phi) is 5.21. The van der Waals surface area contributed by atoms with Gasteiger partial charge < -0.3 is 15.5 Å². The molecular weight excluding hydrogens is 362 g/mol.